The van der Waals surface area contributed by atoms with Crippen LogP contribution >= 0.6 is 0 Å². The zero-order valence-electron chi connectivity index (χ0n) is 7.48. The van der Waals surface area contributed by atoms with Gasteiger partial charge in [-0.3, -0.25) is 4.68 Å². The molecule has 5 nitrogen and oxygen atoms in total. The Morgan fingerprint density at radius 2 is 2.38 bits per heavy atom. The van der Waals surface area contributed by atoms with E-state index in [1.807, 2.05) is 0 Å². The van der Waals surface area contributed by atoms with Crippen LogP contribution in [0.15, 0.2) is 12.7 Å². The number of nitrogens with one attached hydrogen (secondary N) is 1. The van der Waals surface area contributed by atoms with Crippen molar-refractivity contribution in [3.8, 4) is 0 Å². The van der Waals surface area contributed by atoms with Crippen LogP contribution in [0.25, 0.3) is 0 Å². The first-order valence-electron chi connectivity index (χ1n) is 4.54. The van der Waals surface area contributed by atoms with Crippen molar-refractivity contribution in [1.29, 1.82) is 0 Å². The largest absolute Gasteiger partial charge is 0.387 e. The second-order valence-electron chi connectivity index (χ2n) is 3.59. The highest BCUT2D eigenvalue weighted by molar-refractivity contribution is 4.91. The summed E-state index contributed by atoms with van der Waals surface area (Å²) in [6.45, 7) is 2.29. The van der Waals surface area contributed by atoms with Crippen molar-refractivity contribution < 1.29 is 5.11 Å². The summed E-state index contributed by atoms with van der Waals surface area (Å²) < 4.78 is 1.79. The third-order valence-corrected chi connectivity index (χ3v) is 2.40. The quantitative estimate of drug-likeness (QED) is 0.652. The van der Waals surface area contributed by atoms with Crippen molar-refractivity contribution in [2.75, 3.05) is 13.1 Å². The number of aliphatic hydroxyl groups is 1. The van der Waals surface area contributed by atoms with Gasteiger partial charge >= 0.3 is 0 Å². The van der Waals surface area contributed by atoms with Gasteiger partial charge in [-0.2, -0.15) is 5.10 Å². The summed E-state index contributed by atoms with van der Waals surface area (Å²) in [4.78, 5) is 3.85. The van der Waals surface area contributed by atoms with Gasteiger partial charge in [-0.1, -0.05) is 0 Å². The summed E-state index contributed by atoms with van der Waals surface area (Å²) >= 11 is 0. The highest BCUT2D eigenvalue weighted by Crippen LogP contribution is 2.17. The van der Waals surface area contributed by atoms with Crippen molar-refractivity contribution in [3.63, 3.8) is 0 Å². The molecule has 0 spiro atoms. The third-order valence-electron chi connectivity index (χ3n) is 2.40. The molecule has 13 heavy (non-hydrogen) atoms. The van der Waals surface area contributed by atoms with Gasteiger partial charge in [0.2, 0.25) is 0 Å². The highest BCUT2D eigenvalue weighted by Gasteiger charge is 2.33. The molecule has 72 valence electrons. The standard InChI is InChI=1S/C8H14N4O/c13-8(4-9-5-8)2-1-3-12-7-10-6-11-12/h6-7,9,13H,1-5H2. The van der Waals surface area contributed by atoms with Gasteiger partial charge in [0.05, 0.1) is 5.60 Å². The summed E-state index contributed by atoms with van der Waals surface area (Å²) in [7, 11) is 0. The first-order chi connectivity index (χ1) is 6.29. The van der Waals surface area contributed by atoms with Crippen molar-refractivity contribution in [3.05, 3.63) is 12.7 Å². The summed E-state index contributed by atoms with van der Waals surface area (Å²) in [5, 5.41) is 16.8. The average Bonchev–Trinajstić information content (AvgIpc) is 2.54. The molecule has 0 aromatic carbocycles. The van der Waals surface area contributed by atoms with Crippen LogP contribution in [0.5, 0.6) is 0 Å². The number of rotatable bonds is 4. The molecule has 0 saturated carbocycles. The number of hydrogen-bond acceptors (Lipinski definition) is 4. The fraction of sp³-hybridized carbons (Fsp3) is 0.750. The van der Waals surface area contributed by atoms with E-state index in [1.165, 1.54) is 6.33 Å². The van der Waals surface area contributed by atoms with E-state index in [0.717, 1.165) is 32.5 Å². The number of nitrogens with zero attached hydrogens (tertiary/aromatic N) is 3. The Balaban J connectivity index is 1.69. The Kier molecular flexibility index (Phi) is 2.28. The van der Waals surface area contributed by atoms with Crippen LogP contribution in [0, 0.1) is 0 Å². The highest BCUT2D eigenvalue weighted by atomic mass is 16.3. The molecule has 5 heteroatoms. The zero-order chi connectivity index (χ0) is 9.15. The maximum Gasteiger partial charge on any atom is 0.137 e. The fourth-order valence-corrected chi connectivity index (χ4v) is 1.51. The molecular weight excluding hydrogens is 168 g/mol. The lowest BCUT2D eigenvalue weighted by molar-refractivity contribution is -0.0196. The lowest BCUT2D eigenvalue weighted by Gasteiger charge is -2.37. The van der Waals surface area contributed by atoms with Crippen LogP contribution in [0.2, 0.25) is 0 Å². The second-order valence-corrected chi connectivity index (χ2v) is 3.59. The number of aromatic nitrogens is 3. The van der Waals surface area contributed by atoms with Crippen LogP contribution < -0.4 is 5.32 Å². The summed E-state index contributed by atoms with van der Waals surface area (Å²) in [5.74, 6) is 0. The van der Waals surface area contributed by atoms with Crippen molar-refractivity contribution >= 4 is 0 Å². The molecule has 1 aliphatic rings. The summed E-state index contributed by atoms with van der Waals surface area (Å²) in [6.07, 6.45) is 5.00. The molecule has 1 fully saturated rings. The molecule has 2 rings (SSSR count). The van der Waals surface area contributed by atoms with Crippen LogP contribution in [0.3, 0.4) is 0 Å². The van der Waals surface area contributed by atoms with Gasteiger partial charge in [0.1, 0.15) is 12.7 Å². The van der Waals surface area contributed by atoms with E-state index in [9.17, 15) is 5.11 Å². The molecule has 1 aliphatic heterocycles. The minimum atomic E-state index is -0.458. The summed E-state index contributed by atoms with van der Waals surface area (Å²) in [6, 6.07) is 0. The van der Waals surface area contributed by atoms with Crippen molar-refractivity contribution in [2.24, 2.45) is 0 Å². The Morgan fingerprint density at radius 1 is 1.54 bits per heavy atom. The molecule has 0 atom stereocenters. The van der Waals surface area contributed by atoms with Gasteiger partial charge in [0.15, 0.2) is 0 Å². The molecule has 1 saturated heterocycles. The first kappa shape index (κ1) is 8.65. The van der Waals surface area contributed by atoms with E-state index < -0.39 is 5.60 Å². The van der Waals surface area contributed by atoms with E-state index in [4.69, 9.17) is 0 Å². The third kappa shape index (κ3) is 2.05. The summed E-state index contributed by atoms with van der Waals surface area (Å²) in [5.41, 5.74) is -0.458. The number of aryl methyl sites for hydroxylation is 1. The second kappa shape index (κ2) is 3.43. The van der Waals surface area contributed by atoms with Gasteiger partial charge in [0.25, 0.3) is 0 Å². The maximum absolute atomic E-state index is 9.73. The van der Waals surface area contributed by atoms with E-state index in [1.54, 1.807) is 11.0 Å². The fourth-order valence-electron chi connectivity index (χ4n) is 1.51. The predicted molar refractivity (Wildman–Crippen MR) is 47.1 cm³/mol. The molecular formula is C8H14N4O. The van der Waals surface area contributed by atoms with Crippen LogP contribution in [-0.2, 0) is 6.54 Å². The van der Waals surface area contributed by atoms with Crippen LogP contribution in [-0.4, -0.2) is 38.6 Å². The van der Waals surface area contributed by atoms with E-state index >= 15 is 0 Å². The lowest BCUT2D eigenvalue weighted by Crippen LogP contribution is -2.59. The van der Waals surface area contributed by atoms with Gasteiger partial charge in [-0.25, -0.2) is 4.98 Å². The molecule has 0 bridgehead atoms. The van der Waals surface area contributed by atoms with E-state index in [-0.39, 0.29) is 0 Å². The molecule has 0 radical (unpaired) electrons. The molecule has 2 N–H and O–H groups in total. The van der Waals surface area contributed by atoms with E-state index in [0.29, 0.717) is 0 Å². The normalized spacial score (nSPS) is 19.8. The first-order valence-corrected chi connectivity index (χ1v) is 4.54. The average molecular weight is 182 g/mol. The minimum absolute atomic E-state index is 0.458. The molecule has 1 aromatic heterocycles. The Morgan fingerprint density at radius 3 is 2.92 bits per heavy atom. The number of hydrogen-bond donors (Lipinski definition) is 2. The van der Waals surface area contributed by atoms with Crippen molar-refractivity contribution in [1.82, 2.24) is 20.1 Å². The van der Waals surface area contributed by atoms with Crippen LogP contribution in [0.1, 0.15) is 12.8 Å². The van der Waals surface area contributed by atoms with Gasteiger partial charge < -0.3 is 10.4 Å². The van der Waals surface area contributed by atoms with E-state index in [2.05, 4.69) is 15.4 Å². The van der Waals surface area contributed by atoms with Gasteiger partial charge in [0, 0.05) is 19.6 Å². The Labute approximate surface area is 76.8 Å². The number of β-amino-alcohol motifs (C(OH)–C–C–N with tert-alkyl or cyclic N) is 1. The molecule has 0 amide bonds. The molecule has 0 unspecified atom stereocenters. The zero-order valence-corrected chi connectivity index (χ0v) is 7.48. The SMILES string of the molecule is OC1(CCCn2cncn2)CNC1. The van der Waals surface area contributed by atoms with Crippen LogP contribution in [0.4, 0.5) is 0 Å². The molecule has 2 heterocycles. The Hall–Kier alpha value is -0.940. The maximum atomic E-state index is 9.73. The minimum Gasteiger partial charge on any atom is -0.387 e. The Bertz CT molecular complexity index is 255. The van der Waals surface area contributed by atoms with Gasteiger partial charge in [-0.05, 0) is 12.8 Å². The van der Waals surface area contributed by atoms with Crippen molar-refractivity contribution in [2.45, 2.75) is 25.0 Å². The predicted octanol–water partition coefficient (Wildman–Crippen LogP) is -0.607. The topological polar surface area (TPSA) is 63.0 Å². The smallest absolute Gasteiger partial charge is 0.137 e. The van der Waals surface area contributed by atoms with Gasteiger partial charge in [-0.15, -0.1) is 0 Å². The monoisotopic (exact) mass is 182 g/mol. The molecule has 0 aliphatic carbocycles. The lowest BCUT2D eigenvalue weighted by atomic mass is 9.92. The molecule has 1 aromatic rings.